The van der Waals surface area contributed by atoms with Gasteiger partial charge in [-0.15, -0.1) is 0 Å². The van der Waals surface area contributed by atoms with Gasteiger partial charge in [0, 0.05) is 11.1 Å². The Balaban J connectivity index is 1.78. The van der Waals surface area contributed by atoms with Crippen LogP contribution in [-0.4, -0.2) is 22.8 Å². The van der Waals surface area contributed by atoms with Crippen molar-refractivity contribution in [3.63, 3.8) is 0 Å². The molecular weight excluding hydrogens is 300 g/mol. The maximum Gasteiger partial charge on any atom is 0.186 e. The van der Waals surface area contributed by atoms with Crippen LogP contribution in [0.1, 0.15) is 59.4 Å². The maximum atomic E-state index is 12.0. The Bertz CT molecular complexity index is 739. The third-order valence-corrected chi connectivity index (χ3v) is 5.71. The fraction of sp³-hybridized carbons (Fsp3) is 0.429. The van der Waals surface area contributed by atoms with Crippen LogP contribution in [-0.2, 0) is 6.42 Å². The monoisotopic (exact) mass is 324 g/mol. The summed E-state index contributed by atoms with van der Waals surface area (Å²) in [5.41, 5.74) is 3.06. The normalized spacial score (nSPS) is 25.7. The van der Waals surface area contributed by atoms with Crippen LogP contribution in [0.2, 0.25) is 0 Å². The van der Waals surface area contributed by atoms with Crippen LogP contribution in [0.25, 0.3) is 0 Å². The summed E-state index contributed by atoms with van der Waals surface area (Å²) in [6.07, 6.45) is 5.72. The van der Waals surface area contributed by atoms with Crippen molar-refractivity contribution in [1.29, 1.82) is 0 Å². The summed E-state index contributed by atoms with van der Waals surface area (Å²) in [6.45, 7) is 8.42. The molecule has 1 saturated carbocycles. The standard InChI is InChI=1S/C21H24O3/c1-13-4-11-20(24)21(2,3)17(13)8-6-14-5-7-15-16(12-14)19(23)10-9-18(15)22/h5,7,9-10,12,17,20,24H,1,4,6,8,11H2,2-3H3/t17-,20+/m1/s1. The third kappa shape index (κ3) is 2.89. The summed E-state index contributed by atoms with van der Waals surface area (Å²) in [7, 11) is 0. The fourth-order valence-corrected chi connectivity index (χ4v) is 4.01. The van der Waals surface area contributed by atoms with E-state index in [-0.39, 0.29) is 29.0 Å². The van der Waals surface area contributed by atoms with E-state index in [4.69, 9.17) is 0 Å². The van der Waals surface area contributed by atoms with Crippen LogP contribution in [0.3, 0.4) is 0 Å². The minimum Gasteiger partial charge on any atom is -0.393 e. The number of ketones is 2. The van der Waals surface area contributed by atoms with E-state index in [0.29, 0.717) is 11.1 Å². The first-order chi connectivity index (χ1) is 11.3. The molecule has 2 atom stereocenters. The summed E-state index contributed by atoms with van der Waals surface area (Å²) < 4.78 is 0. The Hall–Kier alpha value is -2.00. The molecule has 1 fully saturated rings. The van der Waals surface area contributed by atoms with Gasteiger partial charge in [-0.1, -0.05) is 38.1 Å². The van der Waals surface area contributed by atoms with Crippen molar-refractivity contribution in [1.82, 2.24) is 0 Å². The van der Waals surface area contributed by atoms with Crippen molar-refractivity contribution in [3.8, 4) is 0 Å². The summed E-state index contributed by atoms with van der Waals surface area (Å²) in [5, 5.41) is 10.3. The van der Waals surface area contributed by atoms with Crippen LogP contribution in [0, 0.1) is 11.3 Å². The van der Waals surface area contributed by atoms with Gasteiger partial charge in [-0.2, -0.15) is 0 Å². The van der Waals surface area contributed by atoms with Gasteiger partial charge >= 0.3 is 0 Å². The molecule has 3 rings (SSSR count). The highest BCUT2D eigenvalue weighted by Crippen LogP contribution is 2.45. The topological polar surface area (TPSA) is 54.4 Å². The second-order valence-corrected chi connectivity index (χ2v) is 7.57. The zero-order chi connectivity index (χ0) is 17.5. The molecular formula is C21H24O3. The van der Waals surface area contributed by atoms with E-state index in [2.05, 4.69) is 20.4 Å². The SMILES string of the molecule is C=C1CC[C@H](O)C(C)(C)[C@@H]1CCc1ccc2c(c1)C(=O)C=CC2=O. The molecule has 24 heavy (non-hydrogen) atoms. The van der Waals surface area contributed by atoms with Crippen molar-refractivity contribution in [2.75, 3.05) is 0 Å². The van der Waals surface area contributed by atoms with Gasteiger partial charge in [0.15, 0.2) is 11.6 Å². The average Bonchev–Trinajstić information content (AvgIpc) is 2.55. The van der Waals surface area contributed by atoms with Gasteiger partial charge in [0.1, 0.15) is 0 Å². The molecule has 0 aromatic heterocycles. The summed E-state index contributed by atoms with van der Waals surface area (Å²) in [4.78, 5) is 23.8. The fourth-order valence-electron chi connectivity index (χ4n) is 4.01. The third-order valence-electron chi connectivity index (χ3n) is 5.71. The van der Waals surface area contributed by atoms with Crippen LogP contribution < -0.4 is 0 Å². The number of aliphatic hydroxyl groups is 1. The number of carbonyl (C=O) groups excluding carboxylic acids is 2. The molecule has 0 bridgehead atoms. The lowest BCUT2D eigenvalue weighted by Crippen LogP contribution is -2.41. The number of allylic oxidation sites excluding steroid dienone is 3. The molecule has 126 valence electrons. The number of aryl methyl sites for hydroxylation is 1. The molecule has 3 heteroatoms. The second kappa shape index (κ2) is 6.14. The maximum absolute atomic E-state index is 12.0. The Labute approximate surface area is 143 Å². The molecule has 0 unspecified atom stereocenters. The molecule has 0 saturated heterocycles. The van der Waals surface area contributed by atoms with E-state index in [1.165, 1.54) is 17.7 Å². The van der Waals surface area contributed by atoms with E-state index >= 15 is 0 Å². The first kappa shape index (κ1) is 16.8. The van der Waals surface area contributed by atoms with Gasteiger partial charge in [-0.05, 0) is 60.8 Å². The Morgan fingerprint density at radius 3 is 2.54 bits per heavy atom. The molecule has 1 aromatic rings. The van der Waals surface area contributed by atoms with Crippen LogP contribution in [0.15, 0.2) is 42.5 Å². The highest BCUT2D eigenvalue weighted by atomic mass is 16.3. The van der Waals surface area contributed by atoms with E-state index in [1.807, 2.05) is 12.1 Å². The van der Waals surface area contributed by atoms with Crippen molar-refractivity contribution >= 4 is 11.6 Å². The van der Waals surface area contributed by atoms with E-state index in [1.54, 1.807) is 6.07 Å². The molecule has 2 aliphatic rings. The number of rotatable bonds is 3. The number of hydrogen-bond donors (Lipinski definition) is 1. The van der Waals surface area contributed by atoms with Crippen LogP contribution in [0.5, 0.6) is 0 Å². The number of benzene rings is 1. The predicted octanol–water partition coefficient (Wildman–Crippen LogP) is 3.91. The lowest BCUT2D eigenvalue weighted by Gasteiger charge is -2.44. The molecule has 0 amide bonds. The first-order valence-electron chi connectivity index (χ1n) is 8.56. The zero-order valence-electron chi connectivity index (χ0n) is 14.3. The van der Waals surface area contributed by atoms with Crippen molar-refractivity contribution in [2.24, 2.45) is 11.3 Å². The molecule has 0 radical (unpaired) electrons. The summed E-state index contributed by atoms with van der Waals surface area (Å²) >= 11 is 0. The van der Waals surface area contributed by atoms with E-state index in [0.717, 1.165) is 31.2 Å². The van der Waals surface area contributed by atoms with Crippen molar-refractivity contribution in [2.45, 2.75) is 45.6 Å². The van der Waals surface area contributed by atoms with Crippen LogP contribution >= 0.6 is 0 Å². The lowest BCUT2D eigenvalue weighted by molar-refractivity contribution is -0.00881. The largest absolute Gasteiger partial charge is 0.393 e. The second-order valence-electron chi connectivity index (χ2n) is 7.57. The molecule has 0 spiro atoms. The molecule has 2 aliphatic carbocycles. The van der Waals surface area contributed by atoms with E-state index in [9.17, 15) is 14.7 Å². The lowest BCUT2D eigenvalue weighted by atomic mass is 9.63. The predicted molar refractivity (Wildman–Crippen MR) is 94.2 cm³/mol. The Morgan fingerprint density at radius 1 is 1.17 bits per heavy atom. The number of carbonyl (C=O) groups is 2. The summed E-state index contributed by atoms with van der Waals surface area (Å²) in [5.74, 6) is 0.0415. The summed E-state index contributed by atoms with van der Waals surface area (Å²) in [6, 6.07) is 5.52. The molecule has 1 N–H and O–H groups in total. The quantitative estimate of drug-likeness (QED) is 0.858. The Morgan fingerprint density at radius 2 is 1.83 bits per heavy atom. The van der Waals surface area contributed by atoms with Gasteiger partial charge in [-0.3, -0.25) is 9.59 Å². The highest BCUT2D eigenvalue weighted by Gasteiger charge is 2.40. The van der Waals surface area contributed by atoms with E-state index < -0.39 is 0 Å². The molecule has 0 heterocycles. The van der Waals surface area contributed by atoms with Gasteiger partial charge < -0.3 is 5.11 Å². The molecule has 0 aliphatic heterocycles. The minimum atomic E-state index is -0.305. The number of fused-ring (bicyclic) bond motifs is 1. The van der Waals surface area contributed by atoms with Gasteiger partial charge in [-0.25, -0.2) is 0 Å². The Kier molecular flexibility index (Phi) is 4.31. The average molecular weight is 324 g/mol. The van der Waals surface area contributed by atoms with Crippen molar-refractivity contribution in [3.05, 3.63) is 59.2 Å². The molecule has 1 aromatic carbocycles. The first-order valence-corrected chi connectivity index (χ1v) is 8.56. The van der Waals surface area contributed by atoms with Gasteiger partial charge in [0.25, 0.3) is 0 Å². The van der Waals surface area contributed by atoms with Gasteiger partial charge in [0.05, 0.1) is 6.10 Å². The molecule has 3 nitrogen and oxygen atoms in total. The van der Waals surface area contributed by atoms with Crippen LogP contribution in [0.4, 0.5) is 0 Å². The number of aliphatic hydroxyl groups excluding tert-OH is 1. The zero-order valence-corrected chi connectivity index (χ0v) is 14.3. The number of hydrogen-bond acceptors (Lipinski definition) is 3. The minimum absolute atomic E-state index is 0.107. The van der Waals surface area contributed by atoms with Gasteiger partial charge in [0.2, 0.25) is 0 Å². The van der Waals surface area contributed by atoms with Crippen molar-refractivity contribution < 1.29 is 14.7 Å². The smallest absolute Gasteiger partial charge is 0.186 e. The highest BCUT2D eigenvalue weighted by molar-refractivity contribution is 6.22.